The first-order chi connectivity index (χ1) is 11.5. The quantitative estimate of drug-likeness (QED) is 0.530. The lowest BCUT2D eigenvalue weighted by Crippen LogP contribution is -2.48. The van der Waals surface area contributed by atoms with Crippen LogP contribution in [0, 0.1) is 0 Å². The zero-order valence-electron chi connectivity index (χ0n) is 14.6. The third kappa shape index (κ3) is 4.98. The lowest BCUT2D eigenvalue weighted by Gasteiger charge is -2.31. The van der Waals surface area contributed by atoms with Crippen molar-refractivity contribution < 1.29 is 9.90 Å². The van der Waals surface area contributed by atoms with Crippen molar-refractivity contribution in [1.29, 1.82) is 0 Å². The molecule has 1 atom stereocenters. The minimum absolute atomic E-state index is 0.533. The van der Waals surface area contributed by atoms with Crippen LogP contribution >= 0.6 is 11.6 Å². The molecule has 24 heavy (non-hydrogen) atoms. The van der Waals surface area contributed by atoms with Gasteiger partial charge in [0.2, 0.25) is 0 Å². The molecule has 2 rings (SSSR count). The van der Waals surface area contributed by atoms with Crippen molar-refractivity contribution in [2.45, 2.75) is 56.9 Å². The van der Waals surface area contributed by atoms with Crippen LogP contribution in [0.2, 0.25) is 11.3 Å². The van der Waals surface area contributed by atoms with Crippen molar-refractivity contribution in [2.75, 3.05) is 13.1 Å². The Morgan fingerprint density at radius 3 is 2.79 bits per heavy atom. The number of halogens is 1. The molecule has 0 aliphatic carbocycles. The first-order valence-corrected chi connectivity index (χ1v) is 9.35. The summed E-state index contributed by atoms with van der Waals surface area (Å²) in [5.74, 6) is -0.866. The highest BCUT2D eigenvalue weighted by atomic mass is 35.5. The van der Waals surface area contributed by atoms with E-state index in [1.54, 1.807) is 0 Å². The van der Waals surface area contributed by atoms with Gasteiger partial charge in [-0.2, -0.15) is 0 Å². The molecule has 1 aliphatic heterocycles. The molecule has 3 N–H and O–H groups in total. The molecule has 1 aliphatic rings. The maximum absolute atomic E-state index is 11.5. The number of hydrogen-bond donors (Lipinski definition) is 2. The second kappa shape index (κ2) is 8.88. The standard InChI is InChI=1S/C18H28BClN2O2/c19-10-2-1-8-18(21,17(23)24)9-4-11-22-12-7-15-14(13-22)5-3-6-16(15)20/h3,5-6H,1-2,4,7-13,19,21H2,(H,23,24). The lowest BCUT2D eigenvalue weighted by molar-refractivity contribution is -0.144. The molecule has 1 unspecified atom stereocenters. The number of benzene rings is 1. The Morgan fingerprint density at radius 2 is 2.08 bits per heavy atom. The number of fused-ring (bicyclic) bond motifs is 1. The summed E-state index contributed by atoms with van der Waals surface area (Å²) in [6, 6.07) is 6.07. The third-order valence-electron chi connectivity index (χ3n) is 5.04. The molecular weight excluding hydrogens is 322 g/mol. The predicted molar refractivity (Wildman–Crippen MR) is 101 cm³/mol. The zero-order valence-corrected chi connectivity index (χ0v) is 15.3. The molecular formula is C18H28BClN2O2. The number of carbonyl (C=O) groups is 1. The number of carboxylic acid groups (broad SMARTS) is 1. The Bertz CT molecular complexity index is 570. The number of rotatable bonds is 9. The van der Waals surface area contributed by atoms with Gasteiger partial charge in [0.15, 0.2) is 0 Å². The van der Waals surface area contributed by atoms with Crippen LogP contribution in [0.5, 0.6) is 0 Å². The number of nitrogens with zero attached hydrogens (tertiary/aromatic N) is 1. The molecule has 0 saturated heterocycles. The number of hydrogen-bond acceptors (Lipinski definition) is 3. The van der Waals surface area contributed by atoms with E-state index in [4.69, 9.17) is 17.3 Å². The van der Waals surface area contributed by atoms with Crippen molar-refractivity contribution in [2.24, 2.45) is 5.73 Å². The third-order valence-corrected chi connectivity index (χ3v) is 5.39. The van der Waals surface area contributed by atoms with Crippen molar-refractivity contribution >= 4 is 25.4 Å². The zero-order chi connectivity index (χ0) is 17.6. The second-order valence-electron chi connectivity index (χ2n) is 6.93. The highest BCUT2D eigenvalue weighted by Crippen LogP contribution is 2.26. The van der Waals surface area contributed by atoms with E-state index >= 15 is 0 Å². The molecule has 0 bridgehead atoms. The van der Waals surface area contributed by atoms with E-state index < -0.39 is 11.5 Å². The minimum Gasteiger partial charge on any atom is -0.480 e. The van der Waals surface area contributed by atoms with E-state index in [0.29, 0.717) is 12.8 Å². The topological polar surface area (TPSA) is 66.6 Å². The number of nitrogens with two attached hydrogens (primary N) is 1. The smallest absolute Gasteiger partial charge is 0.323 e. The maximum Gasteiger partial charge on any atom is 0.323 e. The summed E-state index contributed by atoms with van der Waals surface area (Å²) in [6.45, 7) is 2.74. The van der Waals surface area contributed by atoms with Gasteiger partial charge in [0.1, 0.15) is 13.4 Å². The van der Waals surface area contributed by atoms with E-state index in [9.17, 15) is 9.90 Å². The summed E-state index contributed by atoms with van der Waals surface area (Å²) < 4.78 is 0. The first kappa shape index (κ1) is 19.3. The van der Waals surface area contributed by atoms with Crippen LogP contribution in [0.3, 0.4) is 0 Å². The second-order valence-corrected chi connectivity index (χ2v) is 7.33. The van der Waals surface area contributed by atoms with E-state index in [1.165, 1.54) is 11.1 Å². The van der Waals surface area contributed by atoms with E-state index in [-0.39, 0.29) is 0 Å². The molecule has 1 heterocycles. The largest absolute Gasteiger partial charge is 0.480 e. The summed E-state index contributed by atoms with van der Waals surface area (Å²) in [5.41, 5.74) is 7.63. The molecule has 0 aromatic heterocycles. The number of unbranched alkanes of at least 4 members (excludes halogenated alkanes) is 1. The maximum atomic E-state index is 11.5. The molecule has 0 spiro atoms. The Balaban J connectivity index is 1.83. The normalized spacial score (nSPS) is 17.2. The molecule has 0 saturated carbocycles. The Labute approximate surface area is 150 Å². The van der Waals surface area contributed by atoms with Gasteiger partial charge in [-0.1, -0.05) is 42.9 Å². The Hall–Kier alpha value is -1.04. The van der Waals surface area contributed by atoms with Crippen LogP contribution in [0.1, 0.15) is 43.2 Å². The van der Waals surface area contributed by atoms with E-state index in [0.717, 1.165) is 56.7 Å². The highest BCUT2D eigenvalue weighted by Gasteiger charge is 2.32. The molecule has 1 aromatic carbocycles. The van der Waals surface area contributed by atoms with Gasteiger partial charge in [0.25, 0.3) is 0 Å². The van der Waals surface area contributed by atoms with Crippen LogP contribution in [0.15, 0.2) is 18.2 Å². The monoisotopic (exact) mass is 350 g/mol. The first-order valence-electron chi connectivity index (χ1n) is 8.97. The van der Waals surface area contributed by atoms with Crippen LogP contribution in [-0.4, -0.2) is 42.5 Å². The summed E-state index contributed by atoms with van der Waals surface area (Å²) in [5, 5.41) is 10.3. The van der Waals surface area contributed by atoms with Gasteiger partial charge in [-0.3, -0.25) is 9.69 Å². The average molecular weight is 351 g/mol. The van der Waals surface area contributed by atoms with Crippen molar-refractivity contribution in [3.63, 3.8) is 0 Å². The van der Waals surface area contributed by atoms with Gasteiger partial charge in [0.05, 0.1) is 0 Å². The fourth-order valence-electron chi connectivity index (χ4n) is 3.46. The van der Waals surface area contributed by atoms with Gasteiger partial charge in [-0.25, -0.2) is 0 Å². The fourth-order valence-corrected chi connectivity index (χ4v) is 3.75. The van der Waals surface area contributed by atoms with Crippen LogP contribution in [-0.2, 0) is 17.8 Å². The van der Waals surface area contributed by atoms with E-state index in [2.05, 4.69) is 18.8 Å². The average Bonchev–Trinajstić information content (AvgIpc) is 2.55. The van der Waals surface area contributed by atoms with Gasteiger partial charge in [-0.15, -0.1) is 0 Å². The summed E-state index contributed by atoms with van der Waals surface area (Å²) in [7, 11) is 2.11. The molecule has 0 radical (unpaired) electrons. The van der Waals surface area contributed by atoms with E-state index in [1.807, 2.05) is 12.1 Å². The molecule has 6 heteroatoms. The molecule has 1 aromatic rings. The molecule has 0 fully saturated rings. The fraction of sp³-hybridized carbons (Fsp3) is 0.611. The van der Waals surface area contributed by atoms with Gasteiger partial charge in [-0.05, 0) is 49.4 Å². The molecule has 4 nitrogen and oxygen atoms in total. The van der Waals surface area contributed by atoms with Gasteiger partial charge < -0.3 is 10.8 Å². The summed E-state index contributed by atoms with van der Waals surface area (Å²) in [6.07, 6.45) is 5.86. The Kier molecular flexibility index (Phi) is 7.14. The summed E-state index contributed by atoms with van der Waals surface area (Å²) in [4.78, 5) is 13.9. The van der Waals surface area contributed by atoms with Crippen LogP contribution in [0.4, 0.5) is 0 Å². The number of aliphatic carboxylic acids is 1. The Morgan fingerprint density at radius 1 is 1.33 bits per heavy atom. The minimum atomic E-state index is -1.08. The predicted octanol–water partition coefficient (Wildman–Crippen LogP) is 2.48. The lowest BCUT2D eigenvalue weighted by atomic mass is 9.87. The van der Waals surface area contributed by atoms with Crippen LogP contribution < -0.4 is 5.73 Å². The molecule has 132 valence electrons. The van der Waals surface area contributed by atoms with Crippen molar-refractivity contribution in [3.8, 4) is 0 Å². The van der Waals surface area contributed by atoms with Crippen LogP contribution in [0.25, 0.3) is 0 Å². The van der Waals surface area contributed by atoms with Gasteiger partial charge >= 0.3 is 5.97 Å². The SMILES string of the molecule is BCCCCC(N)(CCCN1CCc2c(Cl)cccc2C1)C(=O)O. The number of carboxylic acids is 1. The van der Waals surface area contributed by atoms with Crippen molar-refractivity contribution in [3.05, 3.63) is 34.3 Å². The van der Waals surface area contributed by atoms with Crippen molar-refractivity contribution in [1.82, 2.24) is 4.90 Å². The molecule has 0 amide bonds. The highest BCUT2D eigenvalue weighted by molar-refractivity contribution is 6.31. The summed E-state index contributed by atoms with van der Waals surface area (Å²) >= 11 is 6.25. The van der Waals surface area contributed by atoms with Gasteiger partial charge in [0, 0.05) is 18.1 Å².